The third-order valence-corrected chi connectivity index (χ3v) is 2.88. The molecule has 1 heterocycles. The Labute approximate surface area is 110 Å². The summed E-state index contributed by atoms with van der Waals surface area (Å²) in [5.41, 5.74) is 0.345. The van der Waals surface area contributed by atoms with E-state index in [0.717, 1.165) is 11.0 Å². The van der Waals surface area contributed by atoms with E-state index in [9.17, 15) is 14.0 Å². The quantitative estimate of drug-likeness (QED) is 0.786. The first-order valence-corrected chi connectivity index (χ1v) is 5.77. The summed E-state index contributed by atoms with van der Waals surface area (Å²) in [4.78, 5) is 24.5. The van der Waals surface area contributed by atoms with Crippen molar-refractivity contribution >= 4 is 44.9 Å². The van der Waals surface area contributed by atoms with Crippen LogP contribution in [0, 0.1) is 5.82 Å². The van der Waals surface area contributed by atoms with Crippen molar-refractivity contribution < 1.29 is 14.0 Å². The maximum atomic E-state index is 13.3. The van der Waals surface area contributed by atoms with Gasteiger partial charge in [-0.1, -0.05) is 34.1 Å². The van der Waals surface area contributed by atoms with Gasteiger partial charge in [0.2, 0.25) is 0 Å². The molecule has 17 heavy (non-hydrogen) atoms. The Hall–Kier alpha value is -1.20. The third kappa shape index (κ3) is 2.00. The maximum Gasteiger partial charge on any atom is 0.299 e. The Balaban J connectivity index is 2.56. The van der Waals surface area contributed by atoms with Gasteiger partial charge in [-0.3, -0.25) is 14.5 Å². The highest BCUT2D eigenvalue weighted by Crippen LogP contribution is 2.33. The number of halogens is 3. The molecule has 2 rings (SSSR count). The number of Topliss-reactive ketones (excluding diaryl/α,β-unsaturated/α-hetero) is 1. The maximum absolute atomic E-state index is 13.3. The number of amides is 1. The molecular weight excluding hydrogens is 312 g/mol. The average Bonchev–Trinajstić information content (AvgIpc) is 2.45. The molecule has 6 heteroatoms. The molecule has 0 fully saturated rings. The van der Waals surface area contributed by atoms with Crippen LogP contribution in [0.25, 0.3) is 0 Å². The lowest BCUT2D eigenvalue weighted by Gasteiger charge is -2.15. The van der Waals surface area contributed by atoms with Crippen molar-refractivity contribution in [1.82, 2.24) is 0 Å². The van der Waals surface area contributed by atoms with Crippen molar-refractivity contribution in [3.05, 3.63) is 39.6 Å². The van der Waals surface area contributed by atoms with E-state index in [1.54, 1.807) is 0 Å². The Bertz CT molecular complexity index is 559. The largest absolute Gasteiger partial charge is 0.300 e. The number of ketones is 1. The number of carbonyl (C=O) groups is 2. The van der Waals surface area contributed by atoms with Crippen LogP contribution in [-0.4, -0.2) is 18.2 Å². The zero-order chi connectivity index (χ0) is 12.7. The Morgan fingerprint density at radius 3 is 2.71 bits per heavy atom. The van der Waals surface area contributed by atoms with E-state index in [4.69, 9.17) is 11.6 Å². The van der Waals surface area contributed by atoms with Gasteiger partial charge in [-0.2, -0.15) is 0 Å². The first kappa shape index (κ1) is 12.3. The molecule has 0 radical (unpaired) electrons. The number of fused-ring (bicyclic) bond motifs is 1. The van der Waals surface area contributed by atoms with Gasteiger partial charge in [0.05, 0.1) is 22.8 Å². The molecule has 3 nitrogen and oxygen atoms in total. The summed E-state index contributed by atoms with van der Waals surface area (Å²) in [6, 6.07) is 2.25. The lowest BCUT2D eigenvalue weighted by atomic mass is 10.1. The molecule has 0 saturated carbocycles. The molecule has 1 amide bonds. The second-order valence-electron chi connectivity index (χ2n) is 3.52. The predicted molar refractivity (Wildman–Crippen MR) is 66.2 cm³/mol. The van der Waals surface area contributed by atoms with Crippen molar-refractivity contribution in [3.63, 3.8) is 0 Å². The van der Waals surface area contributed by atoms with Crippen molar-refractivity contribution in [2.75, 3.05) is 11.4 Å². The van der Waals surface area contributed by atoms with Gasteiger partial charge in [-0.25, -0.2) is 4.39 Å². The van der Waals surface area contributed by atoms with Gasteiger partial charge in [-0.05, 0) is 12.1 Å². The Kier molecular flexibility index (Phi) is 3.05. The van der Waals surface area contributed by atoms with Gasteiger partial charge < -0.3 is 0 Å². The summed E-state index contributed by atoms with van der Waals surface area (Å²) in [5.74, 6) is -2.06. The number of nitrogens with zero attached hydrogens (tertiary/aromatic N) is 1. The molecule has 1 aromatic rings. The highest BCUT2D eigenvalue weighted by Gasteiger charge is 2.36. The fourth-order valence-electron chi connectivity index (χ4n) is 1.62. The Morgan fingerprint density at radius 2 is 2.12 bits per heavy atom. The Morgan fingerprint density at radius 1 is 1.47 bits per heavy atom. The van der Waals surface area contributed by atoms with Gasteiger partial charge in [0.15, 0.2) is 0 Å². The zero-order valence-corrected chi connectivity index (χ0v) is 10.8. The summed E-state index contributed by atoms with van der Waals surface area (Å²) >= 11 is 8.67. The fraction of sp³-hybridized carbons (Fsp3) is 0.0909. The van der Waals surface area contributed by atoms with E-state index < -0.39 is 17.5 Å². The molecule has 1 aliphatic heterocycles. The average molecular weight is 319 g/mol. The number of rotatable bonds is 2. The van der Waals surface area contributed by atoms with E-state index in [1.165, 1.54) is 6.07 Å². The number of hydrogen-bond donors (Lipinski definition) is 0. The minimum absolute atomic E-state index is 0.110. The standard InChI is InChI=1S/C11H6BrClFNO2/c1-5(12)4-15-9-3-8(14)7(13)2-6(9)10(16)11(15)17/h2-3H,1,4H2. The topological polar surface area (TPSA) is 37.4 Å². The highest BCUT2D eigenvalue weighted by atomic mass is 79.9. The summed E-state index contributed by atoms with van der Waals surface area (Å²) < 4.78 is 13.8. The minimum Gasteiger partial charge on any atom is -0.300 e. The first-order chi connectivity index (χ1) is 7.91. The number of anilines is 1. The zero-order valence-electron chi connectivity index (χ0n) is 8.47. The van der Waals surface area contributed by atoms with E-state index in [2.05, 4.69) is 22.5 Å². The van der Waals surface area contributed by atoms with E-state index >= 15 is 0 Å². The molecule has 1 aromatic carbocycles. The van der Waals surface area contributed by atoms with Crippen molar-refractivity contribution in [2.45, 2.75) is 0 Å². The van der Waals surface area contributed by atoms with Crippen LogP contribution in [0.2, 0.25) is 5.02 Å². The molecule has 0 saturated heterocycles. The normalized spacial score (nSPS) is 14.2. The first-order valence-electron chi connectivity index (χ1n) is 4.60. The molecular formula is C11H6BrClFNO2. The molecule has 1 aliphatic rings. The smallest absolute Gasteiger partial charge is 0.299 e. The summed E-state index contributed by atoms with van der Waals surface area (Å²) in [6.07, 6.45) is 0. The van der Waals surface area contributed by atoms with Gasteiger partial charge in [-0.15, -0.1) is 0 Å². The molecule has 0 N–H and O–H groups in total. The van der Waals surface area contributed by atoms with Gasteiger partial charge in [0.25, 0.3) is 11.7 Å². The minimum atomic E-state index is -0.706. The highest BCUT2D eigenvalue weighted by molar-refractivity contribution is 9.11. The van der Waals surface area contributed by atoms with Crippen LogP contribution >= 0.6 is 27.5 Å². The van der Waals surface area contributed by atoms with Crippen LogP contribution < -0.4 is 4.90 Å². The van der Waals surface area contributed by atoms with Crippen molar-refractivity contribution in [3.8, 4) is 0 Å². The lowest BCUT2D eigenvalue weighted by Crippen LogP contribution is -2.30. The SMILES string of the molecule is C=C(Br)CN1C(=O)C(=O)c2cc(Cl)c(F)cc21. The van der Waals surface area contributed by atoms with E-state index in [0.29, 0.717) is 4.48 Å². The third-order valence-electron chi connectivity index (χ3n) is 2.34. The van der Waals surface area contributed by atoms with Crippen LogP contribution in [0.3, 0.4) is 0 Å². The van der Waals surface area contributed by atoms with Crippen LogP contribution in [-0.2, 0) is 4.79 Å². The van der Waals surface area contributed by atoms with Crippen LogP contribution in [0.4, 0.5) is 10.1 Å². The van der Waals surface area contributed by atoms with E-state index in [1.807, 2.05) is 0 Å². The van der Waals surface area contributed by atoms with Crippen molar-refractivity contribution in [1.29, 1.82) is 0 Å². The molecule has 88 valence electrons. The van der Waals surface area contributed by atoms with Gasteiger partial charge >= 0.3 is 0 Å². The number of carbonyl (C=O) groups excluding carboxylic acids is 2. The molecule has 0 bridgehead atoms. The second kappa shape index (κ2) is 4.23. The number of hydrogen-bond acceptors (Lipinski definition) is 2. The number of benzene rings is 1. The fourth-order valence-corrected chi connectivity index (χ4v) is 2.03. The van der Waals surface area contributed by atoms with Crippen LogP contribution in [0.5, 0.6) is 0 Å². The predicted octanol–water partition coefficient (Wildman–Crippen LogP) is 2.92. The monoisotopic (exact) mass is 317 g/mol. The molecule has 0 unspecified atom stereocenters. The lowest BCUT2D eigenvalue weighted by molar-refractivity contribution is -0.114. The summed E-state index contributed by atoms with van der Waals surface area (Å²) in [7, 11) is 0. The second-order valence-corrected chi connectivity index (χ2v) is 5.05. The summed E-state index contributed by atoms with van der Waals surface area (Å²) in [6.45, 7) is 3.69. The van der Waals surface area contributed by atoms with Gasteiger partial charge in [0.1, 0.15) is 5.82 Å². The summed E-state index contributed by atoms with van der Waals surface area (Å²) in [5, 5.41) is -0.176. The molecule has 0 spiro atoms. The molecule has 0 atom stereocenters. The molecule has 0 aromatic heterocycles. The van der Waals surface area contributed by atoms with Crippen LogP contribution in [0.15, 0.2) is 23.2 Å². The van der Waals surface area contributed by atoms with E-state index in [-0.39, 0.29) is 22.8 Å². The van der Waals surface area contributed by atoms with Crippen molar-refractivity contribution in [2.24, 2.45) is 0 Å². The van der Waals surface area contributed by atoms with Gasteiger partial charge in [0, 0.05) is 4.48 Å². The molecule has 0 aliphatic carbocycles. The van der Waals surface area contributed by atoms with Crippen LogP contribution in [0.1, 0.15) is 10.4 Å².